The van der Waals surface area contributed by atoms with Gasteiger partial charge < -0.3 is 19.7 Å². The molecule has 3 N–H and O–H groups in total. The van der Waals surface area contributed by atoms with E-state index in [0.29, 0.717) is 21.7 Å². The molecule has 1 saturated carbocycles. The van der Waals surface area contributed by atoms with Crippen LogP contribution in [0, 0.1) is 0 Å². The Morgan fingerprint density at radius 1 is 1.28 bits per heavy atom. The van der Waals surface area contributed by atoms with Crippen LogP contribution in [-0.2, 0) is 13.6 Å². The Morgan fingerprint density at radius 2 is 2.03 bits per heavy atom. The highest BCUT2D eigenvalue weighted by Gasteiger charge is 2.22. The van der Waals surface area contributed by atoms with Gasteiger partial charge >= 0.3 is 5.69 Å². The normalized spacial score (nSPS) is 15.8. The summed E-state index contributed by atoms with van der Waals surface area (Å²) in [4.78, 5) is 31.5. The van der Waals surface area contributed by atoms with E-state index in [1.807, 2.05) is 0 Å². The summed E-state index contributed by atoms with van der Waals surface area (Å²) in [6, 6.07) is 5.04. The molecule has 1 fully saturated rings. The molecule has 32 heavy (non-hydrogen) atoms. The summed E-state index contributed by atoms with van der Waals surface area (Å²) in [7, 11) is 1.55. The van der Waals surface area contributed by atoms with Crippen molar-refractivity contribution in [1.29, 1.82) is 0 Å². The summed E-state index contributed by atoms with van der Waals surface area (Å²) in [5.41, 5.74) is -0.626. The van der Waals surface area contributed by atoms with Crippen molar-refractivity contribution in [2.75, 3.05) is 11.9 Å². The molecule has 0 bridgehead atoms. The summed E-state index contributed by atoms with van der Waals surface area (Å²) >= 11 is 12.0. The third-order valence-electron chi connectivity index (χ3n) is 5.66. The lowest BCUT2D eigenvalue weighted by atomic mass is 9.96. The second kappa shape index (κ2) is 9.56. The number of aliphatic hydroxyl groups excluding tert-OH is 1. The predicted octanol–water partition coefficient (Wildman–Crippen LogP) is 2.91. The van der Waals surface area contributed by atoms with Crippen molar-refractivity contribution in [3.05, 3.63) is 49.1 Å². The van der Waals surface area contributed by atoms with E-state index < -0.39 is 17.4 Å². The molecule has 0 radical (unpaired) electrons. The first-order valence-corrected chi connectivity index (χ1v) is 11.3. The highest BCUT2D eigenvalue weighted by Crippen LogP contribution is 2.28. The highest BCUT2D eigenvalue weighted by atomic mass is 35.5. The van der Waals surface area contributed by atoms with Crippen molar-refractivity contribution < 1.29 is 9.84 Å². The number of nitrogens with zero attached hydrogens (tertiary/aromatic N) is 3. The smallest absolute Gasteiger partial charge is 0.329 e. The molecule has 172 valence electrons. The Morgan fingerprint density at radius 3 is 2.75 bits per heavy atom. The zero-order valence-electron chi connectivity index (χ0n) is 17.6. The van der Waals surface area contributed by atoms with Crippen LogP contribution in [0.4, 0.5) is 5.95 Å². The van der Waals surface area contributed by atoms with Gasteiger partial charge in [0.05, 0.1) is 11.6 Å². The highest BCUT2D eigenvalue weighted by molar-refractivity contribution is 6.35. The Kier molecular flexibility index (Phi) is 6.78. The quantitative estimate of drug-likeness (QED) is 0.477. The van der Waals surface area contributed by atoms with Crippen LogP contribution < -0.4 is 21.3 Å². The van der Waals surface area contributed by atoms with Gasteiger partial charge in [0.25, 0.3) is 5.56 Å². The number of fused-ring (bicyclic) bond motifs is 1. The van der Waals surface area contributed by atoms with Gasteiger partial charge in [-0.1, -0.05) is 42.5 Å². The van der Waals surface area contributed by atoms with Gasteiger partial charge in [0.2, 0.25) is 5.95 Å². The number of ether oxygens (including phenoxy) is 1. The number of H-pyrrole nitrogens is 1. The summed E-state index contributed by atoms with van der Waals surface area (Å²) < 4.78 is 8.54. The van der Waals surface area contributed by atoms with Crippen molar-refractivity contribution in [1.82, 2.24) is 19.1 Å². The van der Waals surface area contributed by atoms with Crippen molar-refractivity contribution in [3.63, 3.8) is 0 Å². The van der Waals surface area contributed by atoms with E-state index >= 15 is 0 Å². The lowest BCUT2D eigenvalue weighted by Gasteiger charge is -2.24. The summed E-state index contributed by atoms with van der Waals surface area (Å²) in [5.74, 6) is 0.841. The van der Waals surface area contributed by atoms with Gasteiger partial charge in [-0.15, -0.1) is 0 Å². The fourth-order valence-electron chi connectivity index (χ4n) is 3.99. The zero-order chi connectivity index (χ0) is 22.8. The van der Waals surface area contributed by atoms with Gasteiger partial charge in [-0.2, -0.15) is 4.98 Å². The van der Waals surface area contributed by atoms with Crippen molar-refractivity contribution >= 4 is 40.3 Å². The molecule has 0 amide bonds. The summed E-state index contributed by atoms with van der Waals surface area (Å²) in [6.07, 6.45) is 4.47. The minimum Gasteiger partial charge on any atom is -0.489 e. The molecule has 9 nitrogen and oxygen atoms in total. The molecule has 0 spiro atoms. The van der Waals surface area contributed by atoms with E-state index in [9.17, 15) is 14.7 Å². The molecular weight excluding hydrogens is 457 g/mol. The first-order chi connectivity index (χ1) is 15.3. The number of aromatic amines is 1. The predicted molar refractivity (Wildman–Crippen MR) is 124 cm³/mol. The van der Waals surface area contributed by atoms with Gasteiger partial charge in [-0.3, -0.25) is 14.3 Å². The molecule has 1 aromatic carbocycles. The molecule has 1 aliphatic carbocycles. The van der Waals surface area contributed by atoms with Gasteiger partial charge in [-0.25, -0.2) is 4.79 Å². The number of imidazole rings is 1. The molecule has 2 heterocycles. The average molecular weight is 482 g/mol. The van der Waals surface area contributed by atoms with E-state index in [1.165, 1.54) is 11.0 Å². The van der Waals surface area contributed by atoms with Crippen molar-refractivity contribution in [3.8, 4) is 5.75 Å². The fraction of sp³-hybridized carbons (Fsp3) is 0.476. The summed E-state index contributed by atoms with van der Waals surface area (Å²) in [6.45, 7) is -0.0222. The second-order valence-corrected chi connectivity index (χ2v) is 8.90. The SMILES string of the molecule is Cn1c(=O)[nH]c(=O)c2c1nc(NC1CCCCC1)n2CC(O)COc1ccc(Cl)cc1Cl. The van der Waals surface area contributed by atoms with E-state index in [-0.39, 0.29) is 30.4 Å². The fourth-order valence-corrected chi connectivity index (χ4v) is 4.46. The minimum atomic E-state index is -0.970. The van der Waals surface area contributed by atoms with Crippen LogP contribution in [0.25, 0.3) is 11.2 Å². The van der Waals surface area contributed by atoms with Crippen molar-refractivity contribution in [2.45, 2.75) is 50.8 Å². The average Bonchev–Trinajstić information content (AvgIpc) is 3.10. The Bertz CT molecular complexity index is 1230. The number of nitrogens with one attached hydrogen (secondary N) is 2. The molecule has 1 unspecified atom stereocenters. The van der Waals surface area contributed by atoms with Crippen molar-refractivity contribution in [2.24, 2.45) is 7.05 Å². The van der Waals surface area contributed by atoms with Gasteiger partial charge in [0, 0.05) is 18.1 Å². The summed E-state index contributed by atoms with van der Waals surface area (Å²) in [5, 5.41) is 14.9. The number of hydrogen-bond donors (Lipinski definition) is 3. The largest absolute Gasteiger partial charge is 0.489 e. The van der Waals surface area contributed by atoms with Crippen LogP contribution >= 0.6 is 23.2 Å². The molecule has 0 aliphatic heterocycles. The Hall–Kier alpha value is -2.49. The maximum atomic E-state index is 12.6. The molecule has 2 aromatic heterocycles. The molecule has 4 rings (SSSR count). The first-order valence-electron chi connectivity index (χ1n) is 10.6. The lowest BCUT2D eigenvalue weighted by molar-refractivity contribution is 0.0938. The van der Waals surface area contributed by atoms with E-state index in [0.717, 1.165) is 25.7 Å². The molecule has 1 aliphatic rings. The van der Waals surface area contributed by atoms with Crippen LogP contribution in [-0.4, -0.2) is 43.0 Å². The van der Waals surface area contributed by atoms with Crippen LogP contribution in [0.1, 0.15) is 32.1 Å². The number of aryl methyl sites for hydroxylation is 1. The zero-order valence-corrected chi connectivity index (χ0v) is 19.1. The number of aromatic nitrogens is 4. The van der Waals surface area contributed by atoms with E-state index in [2.05, 4.69) is 15.3 Å². The number of benzene rings is 1. The van der Waals surface area contributed by atoms with E-state index in [1.54, 1.807) is 29.8 Å². The topological polar surface area (TPSA) is 114 Å². The third-order valence-corrected chi connectivity index (χ3v) is 6.19. The minimum absolute atomic E-state index is 0.0397. The lowest BCUT2D eigenvalue weighted by Crippen LogP contribution is -2.31. The maximum Gasteiger partial charge on any atom is 0.329 e. The first kappa shape index (κ1) is 22.7. The molecule has 11 heteroatoms. The Balaban J connectivity index is 1.61. The van der Waals surface area contributed by atoms with Crippen LogP contribution in [0.15, 0.2) is 27.8 Å². The van der Waals surface area contributed by atoms with Crippen LogP contribution in [0.2, 0.25) is 10.0 Å². The monoisotopic (exact) mass is 481 g/mol. The molecule has 1 atom stereocenters. The number of aliphatic hydroxyl groups is 1. The van der Waals surface area contributed by atoms with Gasteiger partial charge in [0.1, 0.15) is 18.5 Å². The maximum absolute atomic E-state index is 12.6. The number of anilines is 1. The number of halogens is 2. The molecule has 3 aromatic rings. The Labute approximate surface area is 193 Å². The van der Waals surface area contributed by atoms with E-state index in [4.69, 9.17) is 27.9 Å². The van der Waals surface area contributed by atoms with Crippen LogP contribution in [0.5, 0.6) is 5.75 Å². The number of hydrogen-bond acceptors (Lipinski definition) is 6. The van der Waals surface area contributed by atoms with Gasteiger partial charge in [0.15, 0.2) is 11.2 Å². The molecular formula is C21H25Cl2N5O4. The molecule has 0 saturated heterocycles. The van der Waals surface area contributed by atoms with Crippen LogP contribution in [0.3, 0.4) is 0 Å². The third kappa shape index (κ3) is 4.79. The van der Waals surface area contributed by atoms with Gasteiger partial charge in [-0.05, 0) is 31.0 Å². The second-order valence-electron chi connectivity index (χ2n) is 8.06. The standard InChI is InChI=1S/C21H25Cl2N5O4/c1-27-18-17(19(30)26-21(27)31)28(20(25-18)24-13-5-3-2-4-6-13)10-14(29)11-32-16-8-7-12(22)9-15(16)23/h7-9,13-14,29H,2-6,10-11H2,1H3,(H,24,25)(H,26,30,31). The number of rotatable bonds is 7.